The lowest BCUT2D eigenvalue weighted by Gasteiger charge is -2.08. The Hall–Kier alpha value is -2.80. The highest BCUT2D eigenvalue weighted by molar-refractivity contribution is 5.97. The maximum atomic E-state index is 13.4. The number of anilines is 1. The first-order valence-electron chi connectivity index (χ1n) is 6.27. The van der Waals surface area contributed by atoms with Gasteiger partial charge in [0.15, 0.2) is 5.78 Å². The largest absolute Gasteiger partial charge is 0.417 e. The zero-order valence-electron chi connectivity index (χ0n) is 11.3. The van der Waals surface area contributed by atoms with E-state index < -0.39 is 17.7 Å². The average Bonchev–Trinajstić information content (AvgIpc) is 2.51. The van der Waals surface area contributed by atoms with E-state index in [9.17, 15) is 18.4 Å². The number of halogens is 2. The molecule has 0 bridgehead atoms. The second-order valence-corrected chi connectivity index (χ2v) is 4.29. The number of rotatable bonds is 4. The van der Waals surface area contributed by atoms with Crippen molar-refractivity contribution in [2.24, 2.45) is 5.73 Å². The number of nitrogens with one attached hydrogen (secondary N) is 1. The molecule has 7 heteroatoms. The summed E-state index contributed by atoms with van der Waals surface area (Å²) in [5.74, 6) is -1.59. The van der Waals surface area contributed by atoms with Crippen LogP contribution in [0.4, 0.5) is 19.3 Å². The summed E-state index contributed by atoms with van der Waals surface area (Å²) in [5, 5.41) is 2.08. The van der Waals surface area contributed by atoms with Gasteiger partial charge in [-0.05, 0) is 36.4 Å². The van der Waals surface area contributed by atoms with Crippen molar-refractivity contribution in [1.82, 2.24) is 0 Å². The molecule has 5 nitrogen and oxygen atoms in total. The van der Waals surface area contributed by atoms with Gasteiger partial charge >= 0.3 is 6.09 Å². The summed E-state index contributed by atoms with van der Waals surface area (Å²) in [7, 11) is 0. The summed E-state index contributed by atoms with van der Waals surface area (Å²) in [5.41, 5.74) is 5.27. The molecule has 0 aromatic heterocycles. The van der Waals surface area contributed by atoms with Gasteiger partial charge in [-0.25, -0.2) is 13.6 Å². The van der Waals surface area contributed by atoms with Crippen molar-refractivity contribution in [2.75, 3.05) is 11.9 Å². The Balaban J connectivity index is 2.03. The van der Waals surface area contributed by atoms with Crippen molar-refractivity contribution in [1.29, 1.82) is 0 Å². The minimum Gasteiger partial charge on any atom is -0.410 e. The van der Waals surface area contributed by atoms with Crippen LogP contribution in [0.1, 0.15) is 10.4 Å². The first-order valence-corrected chi connectivity index (χ1v) is 6.27. The lowest BCUT2D eigenvalue weighted by atomic mass is 10.1. The molecule has 0 spiro atoms. The van der Waals surface area contributed by atoms with Crippen LogP contribution in [0.25, 0.3) is 0 Å². The minimum atomic E-state index is -0.984. The SMILES string of the molecule is NCC(=O)c1ccc(OC(=O)Nc2cc(F)ccc2F)cc1. The minimum absolute atomic E-state index is 0.125. The van der Waals surface area contributed by atoms with Crippen LogP contribution in [-0.2, 0) is 0 Å². The molecule has 3 N–H and O–H groups in total. The van der Waals surface area contributed by atoms with E-state index in [4.69, 9.17) is 10.5 Å². The first-order chi connectivity index (χ1) is 10.5. The van der Waals surface area contributed by atoms with Gasteiger partial charge in [-0.2, -0.15) is 0 Å². The van der Waals surface area contributed by atoms with Crippen LogP contribution in [0.15, 0.2) is 42.5 Å². The lowest BCUT2D eigenvalue weighted by molar-refractivity contribution is 0.100. The highest BCUT2D eigenvalue weighted by Gasteiger charge is 2.10. The summed E-state index contributed by atoms with van der Waals surface area (Å²) in [4.78, 5) is 22.9. The monoisotopic (exact) mass is 306 g/mol. The highest BCUT2D eigenvalue weighted by Crippen LogP contribution is 2.17. The highest BCUT2D eigenvalue weighted by atomic mass is 19.1. The van der Waals surface area contributed by atoms with E-state index in [0.29, 0.717) is 5.56 Å². The van der Waals surface area contributed by atoms with Gasteiger partial charge in [0.05, 0.1) is 12.2 Å². The van der Waals surface area contributed by atoms with E-state index in [1.165, 1.54) is 24.3 Å². The number of benzene rings is 2. The number of ether oxygens (including phenoxy) is 1. The Morgan fingerprint density at radius 2 is 1.77 bits per heavy atom. The molecule has 0 unspecified atom stereocenters. The predicted octanol–water partition coefficient (Wildman–Crippen LogP) is 2.72. The smallest absolute Gasteiger partial charge is 0.410 e. The van der Waals surface area contributed by atoms with E-state index in [0.717, 1.165) is 18.2 Å². The fourth-order valence-electron chi connectivity index (χ4n) is 1.66. The number of ketones is 1. The second-order valence-electron chi connectivity index (χ2n) is 4.29. The van der Waals surface area contributed by atoms with Crippen LogP contribution in [0.2, 0.25) is 0 Å². The summed E-state index contributed by atoms with van der Waals surface area (Å²) < 4.78 is 31.2. The predicted molar refractivity (Wildman–Crippen MR) is 75.8 cm³/mol. The molecule has 0 atom stereocenters. The molecule has 0 saturated heterocycles. The molecule has 0 aliphatic rings. The Morgan fingerprint density at radius 1 is 1.09 bits per heavy atom. The second kappa shape index (κ2) is 6.77. The Bertz CT molecular complexity index is 702. The van der Waals surface area contributed by atoms with Crippen molar-refractivity contribution < 1.29 is 23.1 Å². The van der Waals surface area contributed by atoms with E-state index in [1.807, 2.05) is 0 Å². The molecule has 2 rings (SSSR count). The molecule has 0 radical (unpaired) electrons. The number of amides is 1. The first kappa shape index (κ1) is 15.6. The molecule has 0 heterocycles. The fourth-order valence-corrected chi connectivity index (χ4v) is 1.66. The molecule has 2 aromatic rings. The Labute approximate surface area is 124 Å². The Morgan fingerprint density at radius 3 is 2.41 bits per heavy atom. The number of carbonyl (C=O) groups is 2. The maximum absolute atomic E-state index is 13.4. The number of Topliss-reactive ketones (excluding diaryl/α,β-unsaturated/α-hetero) is 1. The van der Waals surface area contributed by atoms with Gasteiger partial charge in [0.25, 0.3) is 0 Å². The van der Waals surface area contributed by atoms with Crippen LogP contribution in [0.5, 0.6) is 5.75 Å². The number of nitrogens with two attached hydrogens (primary N) is 1. The molecule has 0 fully saturated rings. The third kappa shape index (κ3) is 3.86. The van der Waals surface area contributed by atoms with Crippen LogP contribution >= 0.6 is 0 Å². The van der Waals surface area contributed by atoms with Crippen molar-refractivity contribution in [3.63, 3.8) is 0 Å². The maximum Gasteiger partial charge on any atom is 0.417 e. The van der Waals surface area contributed by atoms with Gasteiger partial charge in [0.1, 0.15) is 17.4 Å². The topological polar surface area (TPSA) is 81.4 Å². The van der Waals surface area contributed by atoms with Crippen molar-refractivity contribution in [2.45, 2.75) is 0 Å². The number of carbonyl (C=O) groups excluding carboxylic acids is 2. The lowest BCUT2D eigenvalue weighted by Crippen LogP contribution is -2.18. The molecule has 0 saturated carbocycles. The van der Waals surface area contributed by atoms with Gasteiger partial charge in [-0.15, -0.1) is 0 Å². The third-order valence-corrected chi connectivity index (χ3v) is 2.74. The summed E-state index contributed by atoms with van der Waals surface area (Å²) in [6.07, 6.45) is -0.984. The molecular formula is C15H12F2N2O3. The van der Waals surface area contributed by atoms with Crippen LogP contribution in [0, 0.1) is 11.6 Å². The van der Waals surface area contributed by atoms with Gasteiger partial charge in [-0.3, -0.25) is 10.1 Å². The average molecular weight is 306 g/mol. The van der Waals surface area contributed by atoms with Crippen molar-refractivity contribution in [3.8, 4) is 5.75 Å². The molecular weight excluding hydrogens is 294 g/mol. The fraction of sp³-hybridized carbons (Fsp3) is 0.0667. The molecule has 0 aliphatic carbocycles. The number of hydrogen-bond donors (Lipinski definition) is 2. The third-order valence-electron chi connectivity index (χ3n) is 2.74. The van der Waals surface area contributed by atoms with E-state index >= 15 is 0 Å². The quantitative estimate of drug-likeness (QED) is 0.851. The van der Waals surface area contributed by atoms with Crippen LogP contribution in [0.3, 0.4) is 0 Å². The molecule has 0 aliphatic heterocycles. The molecule has 114 valence electrons. The normalized spacial score (nSPS) is 10.1. The van der Waals surface area contributed by atoms with E-state index in [-0.39, 0.29) is 23.8 Å². The zero-order valence-corrected chi connectivity index (χ0v) is 11.3. The van der Waals surface area contributed by atoms with E-state index in [1.54, 1.807) is 0 Å². The van der Waals surface area contributed by atoms with Gasteiger partial charge in [-0.1, -0.05) is 0 Å². The standard InChI is InChI=1S/C15H12F2N2O3/c16-10-3-6-12(17)13(7-10)19-15(21)22-11-4-1-9(2-5-11)14(20)8-18/h1-7H,8,18H2,(H,19,21). The molecule has 1 amide bonds. The summed E-state index contributed by atoms with van der Waals surface area (Å²) >= 11 is 0. The number of hydrogen-bond acceptors (Lipinski definition) is 4. The van der Waals surface area contributed by atoms with Crippen molar-refractivity contribution in [3.05, 3.63) is 59.7 Å². The summed E-state index contributed by atoms with van der Waals surface area (Å²) in [6, 6.07) is 8.33. The zero-order chi connectivity index (χ0) is 16.1. The summed E-state index contributed by atoms with van der Waals surface area (Å²) in [6.45, 7) is -0.125. The van der Waals surface area contributed by atoms with Crippen LogP contribution < -0.4 is 15.8 Å². The van der Waals surface area contributed by atoms with Gasteiger partial charge < -0.3 is 10.5 Å². The molecule has 2 aromatic carbocycles. The van der Waals surface area contributed by atoms with E-state index in [2.05, 4.69) is 5.32 Å². The van der Waals surface area contributed by atoms with Crippen molar-refractivity contribution >= 4 is 17.6 Å². The van der Waals surface area contributed by atoms with Gasteiger partial charge in [0.2, 0.25) is 0 Å². The molecule has 22 heavy (non-hydrogen) atoms. The van der Waals surface area contributed by atoms with Crippen LogP contribution in [-0.4, -0.2) is 18.4 Å². The Kier molecular flexibility index (Phi) is 4.80. The van der Waals surface area contributed by atoms with Gasteiger partial charge in [0, 0.05) is 11.6 Å².